The minimum absolute atomic E-state index is 0.119. The summed E-state index contributed by atoms with van der Waals surface area (Å²) in [5.41, 5.74) is 3.12. The van der Waals surface area contributed by atoms with E-state index >= 15 is 0 Å². The number of imide groups is 1. The zero-order chi connectivity index (χ0) is 22.5. The molecule has 2 heterocycles. The van der Waals surface area contributed by atoms with Crippen LogP contribution in [0.25, 0.3) is 10.9 Å². The predicted octanol–water partition coefficient (Wildman–Crippen LogP) is 3.59. The van der Waals surface area contributed by atoms with Crippen LogP contribution in [0.5, 0.6) is 0 Å². The Morgan fingerprint density at radius 2 is 1.94 bits per heavy atom. The number of fused-ring (bicyclic) bond motifs is 1. The molecule has 32 heavy (non-hydrogen) atoms. The van der Waals surface area contributed by atoms with Crippen LogP contribution in [0, 0.1) is 0 Å². The van der Waals surface area contributed by atoms with Gasteiger partial charge >= 0.3 is 5.97 Å². The standard InChI is InChI=1S/C25H27N3O4/c1-2-3-14-32-25(31)17-8-10-19(11-9-17)28-23(29)15-22(24(28)30)26-13-12-18-16-27-21-7-5-4-6-20(18)21/h4-11,16,22,26-27H,2-3,12-15H2,1H3/t22-/m1/s1. The Balaban J connectivity index is 1.34. The summed E-state index contributed by atoms with van der Waals surface area (Å²) in [5, 5.41) is 4.39. The van der Waals surface area contributed by atoms with E-state index in [2.05, 4.69) is 16.4 Å². The van der Waals surface area contributed by atoms with Crippen LogP contribution in [0.1, 0.15) is 42.1 Å². The number of hydrogen-bond donors (Lipinski definition) is 2. The highest BCUT2D eigenvalue weighted by Gasteiger charge is 2.39. The van der Waals surface area contributed by atoms with E-state index in [0.717, 1.165) is 30.2 Å². The van der Waals surface area contributed by atoms with Gasteiger partial charge in [0.05, 0.1) is 30.3 Å². The van der Waals surface area contributed by atoms with Crippen LogP contribution >= 0.6 is 0 Å². The number of nitrogens with zero attached hydrogens (tertiary/aromatic N) is 1. The van der Waals surface area contributed by atoms with Gasteiger partial charge in [-0.1, -0.05) is 31.5 Å². The summed E-state index contributed by atoms with van der Waals surface area (Å²) in [5.74, 6) is -0.925. The predicted molar refractivity (Wildman–Crippen MR) is 123 cm³/mol. The lowest BCUT2D eigenvalue weighted by Crippen LogP contribution is -2.39. The summed E-state index contributed by atoms with van der Waals surface area (Å²) in [7, 11) is 0. The maximum Gasteiger partial charge on any atom is 0.338 e. The van der Waals surface area contributed by atoms with E-state index in [9.17, 15) is 14.4 Å². The van der Waals surface area contributed by atoms with Crippen molar-refractivity contribution in [3.8, 4) is 0 Å². The van der Waals surface area contributed by atoms with Gasteiger partial charge in [-0.15, -0.1) is 0 Å². The van der Waals surface area contributed by atoms with Crippen LogP contribution in [-0.2, 0) is 20.7 Å². The van der Waals surface area contributed by atoms with Gasteiger partial charge in [0.2, 0.25) is 5.91 Å². The van der Waals surface area contributed by atoms with E-state index in [-0.39, 0.29) is 18.2 Å². The number of rotatable bonds is 9. The first kappa shape index (κ1) is 21.8. The van der Waals surface area contributed by atoms with E-state index in [1.807, 2.05) is 31.3 Å². The van der Waals surface area contributed by atoms with Gasteiger partial charge in [-0.05, 0) is 48.7 Å². The van der Waals surface area contributed by atoms with E-state index in [1.165, 1.54) is 10.5 Å². The van der Waals surface area contributed by atoms with Crippen molar-refractivity contribution in [2.75, 3.05) is 18.1 Å². The zero-order valence-electron chi connectivity index (χ0n) is 18.1. The fourth-order valence-electron chi connectivity index (χ4n) is 3.92. The second-order valence-electron chi connectivity index (χ2n) is 7.92. The Bertz CT molecular complexity index is 1120. The molecule has 4 rings (SSSR count). The lowest BCUT2D eigenvalue weighted by molar-refractivity contribution is -0.121. The van der Waals surface area contributed by atoms with Gasteiger partial charge in [-0.2, -0.15) is 0 Å². The zero-order valence-corrected chi connectivity index (χ0v) is 18.1. The highest BCUT2D eigenvalue weighted by atomic mass is 16.5. The smallest absolute Gasteiger partial charge is 0.338 e. The normalized spacial score (nSPS) is 16.2. The van der Waals surface area contributed by atoms with Gasteiger partial charge in [-0.25, -0.2) is 9.69 Å². The van der Waals surface area contributed by atoms with E-state index in [1.54, 1.807) is 24.3 Å². The molecule has 7 heteroatoms. The third kappa shape index (κ3) is 4.57. The van der Waals surface area contributed by atoms with Gasteiger partial charge in [0.1, 0.15) is 0 Å². The average molecular weight is 434 g/mol. The molecular weight excluding hydrogens is 406 g/mol. The number of carbonyl (C=O) groups is 3. The molecule has 1 fully saturated rings. The number of para-hydroxylation sites is 1. The maximum atomic E-state index is 12.9. The first-order chi connectivity index (χ1) is 15.6. The minimum atomic E-state index is -0.550. The first-order valence-electron chi connectivity index (χ1n) is 11.0. The number of amides is 2. The van der Waals surface area contributed by atoms with Crippen molar-refractivity contribution >= 4 is 34.4 Å². The van der Waals surface area contributed by atoms with Crippen molar-refractivity contribution in [3.63, 3.8) is 0 Å². The van der Waals surface area contributed by atoms with Crippen LogP contribution < -0.4 is 10.2 Å². The highest BCUT2D eigenvalue weighted by molar-refractivity contribution is 6.22. The van der Waals surface area contributed by atoms with Crippen molar-refractivity contribution in [1.29, 1.82) is 0 Å². The molecule has 2 N–H and O–H groups in total. The largest absolute Gasteiger partial charge is 0.462 e. The molecule has 0 radical (unpaired) electrons. The number of aromatic nitrogens is 1. The molecule has 1 saturated heterocycles. The van der Waals surface area contributed by atoms with Gasteiger partial charge < -0.3 is 15.0 Å². The number of ether oxygens (including phenoxy) is 1. The van der Waals surface area contributed by atoms with Crippen LogP contribution in [0.15, 0.2) is 54.7 Å². The van der Waals surface area contributed by atoms with Crippen LogP contribution in [0.3, 0.4) is 0 Å². The number of anilines is 1. The van der Waals surface area contributed by atoms with Crippen molar-refractivity contribution in [3.05, 3.63) is 65.9 Å². The molecule has 166 valence electrons. The molecule has 2 amide bonds. The van der Waals surface area contributed by atoms with E-state index in [4.69, 9.17) is 4.74 Å². The average Bonchev–Trinajstić information content (AvgIpc) is 3.34. The molecule has 0 spiro atoms. The van der Waals surface area contributed by atoms with E-state index in [0.29, 0.717) is 24.4 Å². The Hall–Kier alpha value is -3.45. The van der Waals surface area contributed by atoms with Crippen LogP contribution in [0.4, 0.5) is 5.69 Å². The molecule has 3 aromatic rings. The molecule has 0 aliphatic carbocycles. The summed E-state index contributed by atoms with van der Waals surface area (Å²) in [6.07, 6.45) is 4.61. The number of unbranched alkanes of at least 4 members (excludes halogenated alkanes) is 1. The quantitative estimate of drug-likeness (QED) is 0.306. The molecule has 0 saturated carbocycles. The van der Waals surface area contributed by atoms with Crippen LogP contribution in [-0.4, -0.2) is 42.0 Å². The lowest BCUT2D eigenvalue weighted by atomic mass is 10.1. The van der Waals surface area contributed by atoms with Crippen molar-refractivity contribution < 1.29 is 19.1 Å². The number of esters is 1. The third-order valence-corrected chi connectivity index (χ3v) is 5.70. The van der Waals surface area contributed by atoms with Crippen molar-refractivity contribution in [1.82, 2.24) is 10.3 Å². The molecule has 7 nitrogen and oxygen atoms in total. The molecule has 0 bridgehead atoms. The van der Waals surface area contributed by atoms with Crippen molar-refractivity contribution in [2.24, 2.45) is 0 Å². The molecule has 2 aromatic carbocycles. The number of carbonyl (C=O) groups excluding carboxylic acids is 3. The Labute approximate surface area is 186 Å². The molecule has 0 unspecified atom stereocenters. The van der Waals surface area contributed by atoms with Gasteiger partial charge in [0, 0.05) is 23.6 Å². The lowest BCUT2D eigenvalue weighted by Gasteiger charge is -2.16. The minimum Gasteiger partial charge on any atom is -0.462 e. The molecule has 1 aliphatic rings. The fraction of sp³-hybridized carbons (Fsp3) is 0.320. The van der Waals surface area contributed by atoms with Gasteiger partial charge in [0.25, 0.3) is 5.91 Å². The Kier molecular flexibility index (Phi) is 6.66. The SMILES string of the molecule is CCCCOC(=O)c1ccc(N2C(=O)C[C@@H](NCCc3c[nH]c4ccccc34)C2=O)cc1. The molecule has 1 aliphatic heterocycles. The Morgan fingerprint density at radius 1 is 1.16 bits per heavy atom. The number of H-pyrrole nitrogens is 1. The Morgan fingerprint density at radius 3 is 2.72 bits per heavy atom. The summed E-state index contributed by atoms with van der Waals surface area (Å²) in [6, 6.07) is 13.9. The maximum absolute atomic E-state index is 12.9. The number of hydrogen-bond acceptors (Lipinski definition) is 5. The topological polar surface area (TPSA) is 91.5 Å². The molecular formula is C25H27N3O4. The molecule has 1 atom stereocenters. The van der Waals surface area contributed by atoms with Gasteiger partial charge in [0.15, 0.2) is 0 Å². The number of aromatic amines is 1. The number of nitrogens with one attached hydrogen (secondary N) is 2. The monoisotopic (exact) mass is 433 g/mol. The first-order valence-corrected chi connectivity index (χ1v) is 11.0. The van der Waals surface area contributed by atoms with Crippen LogP contribution in [0.2, 0.25) is 0 Å². The second kappa shape index (κ2) is 9.78. The second-order valence-corrected chi connectivity index (χ2v) is 7.92. The molecule has 1 aromatic heterocycles. The highest BCUT2D eigenvalue weighted by Crippen LogP contribution is 2.24. The van der Waals surface area contributed by atoms with Crippen molar-refractivity contribution in [2.45, 2.75) is 38.6 Å². The summed E-state index contributed by atoms with van der Waals surface area (Å²) >= 11 is 0. The summed E-state index contributed by atoms with van der Waals surface area (Å²) in [4.78, 5) is 41.9. The fourth-order valence-corrected chi connectivity index (χ4v) is 3.92. The van der Waals surface area contributed by atoms with E-state index < -0.39 is 12.0 Å². The third-order valence-electron chi connectivity index (χ3n) is 5.70. The summed E-state index contributed by atoms with van der Waals surface area (Å²) in [6.45, 7) is 2.99. The van der Waals surface area contributed by atoms with Gasteiger partial charge in [-0.3, -0.25) is 9.59 Å². The number of benzene rings is 2. The summed E-state index contributed by atoms with van der Waals surface area (Å²) < 4.78 is 5.20.